The molecule has 1 unspecified atom stereocenters. The van der Waals surface area contributed by atoms with Crippen LogP contribution in [0.25, 0.3) is 0 Å². The Labute approximate surface area is 97.3 Å². The Morgan fingerprint density at radius 3 is 2.77 bits per heavy atom. The largest absolute Gasteiger partial charge is 0.310 e. The van der Waals surface area contributed by atoms with Crippen LogP contribution < -0.4 is 5.32 Å². The van der Waals surface area contributed by atoms with Crippen LogP contribution in [0.1, 0.15) is 11.6 Å². The minimum atomic E-state index is 0.175. The third-order valence-corrected chi connectivity index (χ3v) is 3.42. The van der Waals surface area contributed by atoms with E-state index in [1.54, 1.807) is 0 Å². The fraction of sp³-hybridized carbons (Fsp3) is 0.200. The fourth-order valence-electron chi connectivity index (χ4n) is 1.13. The summed E-state index contributed by atoms with van der Waals surface area (Å²) in [5.41, 5.74) is 1.14. The van der Waals surface area contributed by atoms with Crippen LogP contribution >= 0.6 is 34.2 Å². The maximum atomic E-state index is 6.00. The Balaban J connectivity index is 3.01. The van der Waals surface area contributed by atoms with Gasteiger partial charge in [-0.25, -0.2) is 0 Å². The van der Waals surface area contributed by atoms with Crippen LogP contribution in [0.4, 0.5) is 0 Å². The molecule has 0 saturated carbocycles. The molecule has 70 valence electrons. The van der Waals surface area contributed by atoms with Gasteiger partial charge in [0, 0.05) is 3.57 Å². The Hall–Kier alpha value is -0.0600. The Bertz CT molecular complexity index is 312. The second-order valence-corrected chi connectivity index (χ2v) is 4.24. The summed E-state index contributed by atoms with van der Waals surface area (Å²) < 4.78 is 1.07. The molecule has 1 nitrogen and oxygen atoms in total. The van der Waals surface area contributed by atoms with E-state index in [1.165, 1.54) is 0 Å². The molecule has 1 aromatic carbocycles. The zero-order valence-corrected chi connectivity index (χ0v) is 10.3. The molecule has 0 radical (unpaired) electrons. The van der Waals surface area contributed by atoms with E-state index < -0.39 is 0 Å². The highest BCUT2D eigenvalue weighted by Gasteiger charge is 2.05. The average molecular weight is 308 g/mol. The van der Waals surface area contributed by atoms with E-state index >= 15 is 0 Å². The van der Waals surface area contributed by atoms with Crippen molar-refractivity contribution >= 4 is 34.2 Å². The van der Waals surface area contributed by atoms with Gasteiger partial charge in [0.15, 0.2) is 0 Å². The van der Waals surface area contributed by atoms with Gasteiger partial charge >= 0.3 is 0 Å². The van der Waals surface area contributed by atoms with Crippen molar-refractivity contribution < 1.29 is 0 Å². The summed E-state index contributed by atoms with van der Waals surface area (Å²) in [6.45, 7) is 3.75. The molecule has 0 amide bonds. The molecule has 3 heteroatoms. The monoisotopic (exact) mass is 307 g/mol. The Kier molecular flexibility index (Phi) is 4.22. The van der Waals surface area contributed by atoms with Crippen molar-refractivity contribution in [2.75, 3.05) is 7.05 Å². The number of hydrogen-bond donors (Lipinski definition) is 1. The van der Waals surface area contributed by atoms with Crippen molar-refractivity contribution in [1.82, 2.24) is 5.32 Å². The molecule has 1 atom stereocenters. The highest BCUT2D eigenvalue weighted by molar-refractivity contribution is 14.1. The van der Waals surface area contributed by atoms with Crippen molar-refractivity contribution in [2.45, 2.75) is 6.04 Å². The first-order chi connectivity index (χ1) is 6.19. The minimum Gasteiger partial charge on any atom is -0.310 e. The van der Waals surface area contributed by atoms with E-state index in [9.17, 15) is 0 Å². The smallest absolute Gasteiger partial charge is 0.0542 e. The molecular formula is C10H11ClIN. The molecule has 0 fully saturated rings. The lowest BCUT2D eigenvalue weighted by atomic mass is 10.1. The average Bonchev–Trinajstić information content (AvgIpc) is 2.13. The van der Waals surface area contributed by atoms with E-state index in [4.69, 9.17) is 11.6 Å². The molecule has 0 aliphatic carbocycles. The second kappa shape index (κ2) is 4.98. The zero-order chi connectivity index (χ0) is 9.84. The number of rotatable bonds is 3. The third kappa shape index (κ3) is 2.69. The molecule has 1 N–H and O–H groups in total. The maximum Gasteiger partial charge on any atom is 0.0542 e. The molecule has 0 aliphatic rings. The van der Waals surface area contributed by atoms with Gasteiger partial charge in [0.1, 0.15) is 0 Å². The summed E-state index contributed by atoms with van der Waals surface area (Å²) in [5, 5.41) is 3.93. The fourth-order valence-corrected chi connectivity index (χ4v) is 1.65. The van der Waals surface area contributed by atoms with Gasteiger partial charge in [-0.05, 0) is 47.3 Å². The quantitative estimate of drug-likeness (QED) is 0.667. The topological polar surface area (TPSA) is 12.0 Å². The van der Waals surface area contributed by atoms with Crippen molar-refractivity contribution in [3.63, 3.8) is 0 Å². The van der Waals surface area contributed by atoms with Crippen LogP contribution in [0, 0.1) is 3.57 Å². The molecule has 0 aromatic heterocycles. The summed E-state index contributed by atoms with van der Waals surface area (Å²) in [6, 6.07) is 6.20. The lowest BCUT2D eigenvalue weighted by molar-refractivity contribution is 0.716. The van der Waals surface area contributed by atoms with E-state index in [0.717, 1.165) is 14.2 Å². The standard InChI is InChI=1S/C10H11ClIN/c1-3-10(13-2)7-4-5-9(12)8(11)6-7/h3-6,10,13H,1H2,2H3. The molecule has 0 bridgehead atoms. The van der Waals surface area contributed by atoms with Gasteiger partial charge in [-0.15, -0.1) is 6.58 Å². The molecule has 0 spiro atoms. The van der Waals surface area contributed by atoms with Gasteiger partial charge in [-0.1, -0.05) is 23.7 Å². The van der Waals surface area contributed by atoms with Crippen molar-refractivity contribution in [1.29, 1.82) is 0 Å². The van der Waals surface area contributed by atoms with Crippen LogP contribution in [0.15, 0.2) is 30.9 Å². The van der Waals surface area contributed by atoms with Gasteiger partial charge in [0.2, 0.25) is 0 Å². The lowest BCUT2D eigenvalue weighted by Gasteiger charge is -2.12. The van der Waals surface area contributed by atoms with Gasteiger partial charge in [0.25, 0.3) is 0 Å². The summed E-state index contributed by atoms with van der Waals surface area (Å²) >= 11 is 8.21. The van der Waals surface area contributed by atoms with Crippen molar-refractivity contribution in [3.8, 4) is 0 Å². The van der Waals surface area contributed by atoms with Gasteiger partial charge in [-0.2, -0.15) is 0 Å². The molecule has 13 heavy (non-hydrogen) atoms. The summed E-state index contributed by atoms with van der Waals surface area (Å²) in [5.74, 6) is 0. The summed E-state index contributed by atoms with van der Waals surface area (Å²) in [6.07, 6.45) is 1.86. The maximum absolute atomic E-state index is 6.00. The minimum absolute atomic E-state index is 0.175. The Morgan fingerprint density at radius 1 is 1.62 bits per heavy atom. The predicted molar refractivity (Wildman–Crippen MR) is 66.2 cm³/mol. The van der Waals surface area contributed by atoms with Crippen molar-refractivity contribution in [2.24, 2.45) is 0 Å². The molecular weight excluding hydrogens is 296 g/mol. The number of benzene rings is 1. The second-order valence-electron chi connectivity index (χ2n) is 2.68. The first kappa shape index (κ1) is 11.0. The van der Waals surface area contributed by atoms with Crippen LogP contribution in [0.2, 0.25) is 5.02 Å². The molecule has 0 heterocycles. The van der Waals surface area contributed by atoms with Gasteiger partial charge in [0.05, 0.1) is 11.1 Å². The van der Waals surface area contributed by atoms with E-state index in [0.29, 0.717) is 0 Å². The van der Waals surface area contributed by atoms with Crippen LogP contribution in [0.5, 0.6) is 0 Å². The van der Waals surface area contributed by atoms with E-state index in [-0.39, 0.29) is 6.04 Å². The number of likely N-dealkylation sites (N-methyl/N-ethyl adjacent to an activating group) is 1. The molecule has 1 rings (SSSR count). The van der Waals surface area contributed by atoms with Gasteiger partial charge in [-0.3, -0.25) is 0 Å². The van der Waals surface area contributed by atoms with E-state index in [2.05, 4.69) is 40.6 Å². The number of hydrogen-bond acceptors (Lipinski definition) is 1. The van der Waals surface area contributed by atoms with E-state index in [1.807, 2.05) is 25.3 Å². The lowest BCUT2D eigenvalue weighted by Crippen LogP contribution is -2.13. The van der Waals surface area contributed by atoms with Gasteiger partial charge < -0.3 is 5.32 Å². The molecule has 0 aliphatic heterocycles. The predicted octanol–water partition coefficient (Wildman–Crippen LogP) is 3.39. The highest BCUT2D eigenvalue weighted by Crippen LogP contribution is 2.23. The van der Waals surface area contributed by atoms with Crippen molar-refractivity contribution in [3.05, 3.63) is 45.0 Å². The number of nitrogens with one attached hydrogen (secondary N) is 1. The third-order valence-electron chi connectivity index (χ3n) is 1.85. The first-order valence-electron chi connectivity index (χ1n) is 3.93. The molecule has 0 saturated heterocycles. The summed E-state index contributed by atoms with van der Waals surface area (Å²) in [7, 11) is 1.90. The van der Waals surface area contributed by atoms with Crippen LogP contribution in [0.3, 0.4) is 0 Å². The SMILES string of the molecule is C=CC(NC)c1ccc(I)c(Cl)c1. The van der Waals surface area contributed by atoms with Crippen LogP contribution in [-0.4, -0.2) is 7.05 Å². The normalized spacial score (nSPS) is 12.5. The zero-order valence-electron chi connectivity index (χ0n) is 7.35. The molecule has 1 aromatic rings. The van der Waals surface area contributed by atoms with Crippen LogP contribution in [-0.2, 0) is 0 Å². The first-order valence-corrected chi connectivity index (χ1v) is 5.39. The Morgan fingerprint density at radius 2 is 2.31 bits per heavy atom. The number of halogens is 2. The highest BCUT2D eigenvalue weighted by atomic mass is 127. The summed E-state index contributed by atoms with van der Waals surface area (Å²) in [4.78, 5) is 0.